The largest absolute Gasteiger partial charge is 0.322 e. The van der Waals surface area contributed by atoms with E-state index in [1.807, 2.05) is 7.05 Å². The molecule has 0 spiro atoms. The molecule has 1 aromatic carbocycles. The van der Waals surface area contributed by atoms with E-state index in [1.54, 1.807) is 18.2 Å². The summed E-state index contributed by atoms with van der Waals surface area (Å²) in [4.78, 5) is 13.9. The van der Waals surface area contributed by atoms with Gasteiger partial charge < -0.3 is 15.5 Å². The fraction of sp³-hybridized carbons (Fsp3) is 0.462. The van der Waals surface area contributed by atoms with Crippen LogP contribution < -0.4 is 10.6 Å². The Bertz CT molecular complexity index is 406. The number of hydrogen-bond acceptors (Lipinski definition) is 3. The molecule has 0 bridgehead atoms. The van der Waals surface area contributed by atoms with Crippen LogP contribution in [-0.2, 0) is 4.79 Å². The molecular weight excluding hydrogens is 285 g/mol. The zero-order valence-electron chi connectivity index (χ0n) is 11.2. The quantitative estimate of drug-likeness (QED) is 0.761. The van der Waals surface area contributed by atoms with Gasteiger partial charge in [0, 0.05) is 13.1 Å². The average Bonchev–Trinajstić information content (AvgIpc) is 2.39. The molecule has 6 heteroatoms. The number of anilines is 1. The van der Waals surface area contributed by atoms with E-state index >= 15 is 0 Å². The molecule has 0 saturated carbocycles. The second-order valence-corrected chi connectivity index (χ2v) is 5.03. The lowest BCUT2D eigenvalue weighted by Crippen LogP contribution is -2.34. The molecule has 0 aliphatic carbocycles. The lowest BCUT2D eigenvalue weighted by atomic mass is 10.3. The Hall–Kier alpha value is -0.810. The van der Waals surface area contributed by atoms with Gasteiger partial charge in [0.2, 0.25) is 5.91 Å². The molecule has 0 aliphatic rings. The van der Waals surface area contributed by atoms with Gasteiger partial charge in [-0.1, -0.05) is 36.2 Å². The highest BCUT2D eigenvalue weighted by Gasteiger charge is 2.08. The maximum atomic E-state index is 11.7. The molecule has 106 valence electrons. The minimum absolute atomic E-state index is 0.158. The third-order valence-corrected chi connectivity index (χ3v) is 3.35. The number of hydrogen-bond donors (Lipinski definition) is 2. The molecule has 0 aliphatic heterocycles. The SMILES string of the molecule is CCN(C)CCNCC(=O)Nc1c(Cl)cccc1Cl. The zero-order chi connectivity index (χ0) is 14.3. The Labute approximate surface area is 124 Å². The van der Waals surface area contributed by atoms with Gasteiger partial charge in [-0.15, -0.1) is 0 Å². The van der Waals surface area contributed by atoms with E-state index in [1.165, 1.54) is 0 Å². The Kier molecular flexibility index (Phi) is 7.16. The van der Waals surface area contributed by atoms with Gasteiger partial charge in [0.1, 0.15) is 0 Å². The Morgan fingerprint density at radius 1 is 1.32 bits per heavy atom. The van der Waals surface area contributed by atoms with Crippen LogP contribution in [0.1, 0.15) is 6.92 Å². The summed E-state index contributed by atoms with van der Waals surface area (Å²) in [6, 6.07) is 5.11. The maximum absolute atomic E-state index is 11.7. The molecule has 0 atom stereocenters. The number of rotatable bonds is 7. The first-order chi connectivity index (χ1) is 9.04. The van der Waals surface area contributed by atoms with Gasteiger partial charge in [0.05, 0.1) is 22.3 Å². The van der Waals surface area contributed by atoms with Crippen molar-refractivity contribution in [3.05, 3.63) is 28.2 Å². The van der Waals surface area contributed by atoms with Crippen LogP contribution >= 0.6 is 23.2 Å². The van der Waals surface area contributed by atoms with Gasteiger partial charge in [-0.3, -0.25) is 4.79 Å². The molecule has 4 nitrogen and oxygen atoms in total. The van der Waals surface area contributed by atoms with Gasteiger partial charge in [-0.05, 0) is 25.7 Å². The number of carbonyl (C=O) groups excluding carboxylic acids is 1. The Balaban J connectivity index is 2.35. The lowest BCUT2D eigenvalue weighted by molar-refractivity contribution is -0.115. The van der Waals surface area contributed by atoms with E-state index in [2.05, 4.69) is 22.5 Å². The van der Waals surface area contributed by atoms with Crippen molar-refractivity contribution in [3.8, 4) is 0 Å². The minimum Gasteiger partial charge on any atom is -0.322 e. The molecule has 0 aromatic heterocycles. The number of para-hydroxylation sites is 1. The lowest BCUT2D eigenvalue weighted by Gasteiger charge is -2.14. The highest BCUT2D eigenvalue weighted by Crippen LogP contribution is 2.29. The van der Waals surface area contributed by atoms with Crippen molar-refractivity contribution in [1.82, 2.24) is 10.2 Å². The molecular formula is C13H19Cl2N3O. The summed E-state index contributed by atoms with van der Waals surface area (Å²) in [5, 5.41) is 6.64. The molecule has 0 heterocycles. The Morgan fingerprint density at radius 3 is 2.53 bits per heavy atom. The van der Waals surface area contributed by atoms with Crippen molar-refractivity contribution in [2.75, 3.05) is 38.5 Å². The molecule has 1 rings (SSSR count). The highest BCUT2D eigenvalue weighted by molar-refractivity contribution is 6.39. The summed E-state index contributed by atoms with van der Waals surface area (Å²) < 4.78 is 0. The predicted molar refractivity (Wildman–Crippen MR) is 81.1 cm³/mol. The van der Waals surface area contributed by atoms with E-state index in [4.69, 9.17) is 23.2 Å². The number of halogens is 2. The molecule has 1 aromatic rings. The first-order valence-corrected chi connectivity index (χ1v) is 6.93. The van der Waals surface area contributed by atoms with Crippen LogP contribution in [0.15, 0.2) is 18.2 Å². The normalized spacial score (nSPS) is 10.8. The van der Waals surface area contributed by atoms with Crippen molar-refractivity contribution in [2.24, 2.45) is 0 Å². The van der Waals surface area contributed by atoms with E-state index in [-0.39, 0.29) is 12.5 Å². The summed E-state index contributed by atoms with van der Waals surface area (Å²) in [6.07, 6.45) is 0. The van der Waals surface area contributed by atoms with Crippen LogP contribution in [0.25, 0.3) is 0 Å². The number of nitrogens with zero attached hydrogens (tertiary/aromatic N) is 1. The molecule has 2 N–H and O–H groups in total. The summed E-state index contributed by atoms with van der Waals surface area (Å²) in [6.45, 7) is 4.97. The van der Waals surface area contributed by atoms with E-state index in [9.17, 15) is 4.79 Å². The number of amides is 1. The molecule has 0 radical (unpaired) electrons. The van der Waals surface area contributed by atoms with Gasteiger partial charge in [-0.2, -0.15) is 0 Å². The maximum Gasteiger partial charge on any atom is 0.238 e. The van der Waals surface area contributed by atoms with Crippen molar-refractivity contribution in [2.45, 2.75) is 6.92 Å². The topological polar surface area (TPSA) is 44.4 Å². The standard InChI is InChI=1S/C13H19Cl2N3O/c1-3-18(2)8-7-16-9-12(19)17-13-10(14)5-4-6-11(13)15/h4-6,16H,3,7-9H2,1-2H3,(H,17,19). The second kappa shape index (κ2) is 8.38. The van der Waals surface area contributed by atoms with E-state index < -0.39 is 0 Å². The smallest absolute Gasteiger partial charge is 0.238 e. The highest BCUT2D eigenvalue weighted by atomic mass is 35.5. The molecule has 1 amide bonds. The van der Waals surface area contributed by atoms with Gasteiger partial charge in [0.25, 0.3) is 0 Å². The first kappa shape index (κ1) is 16.2. The molecule has 19 heavy (non-hydrogen) atoms. The van der Waals surface area contributed by atoms with Gasteiger partial charge in [0.15, 0.2) is 0 Å². The van der Waals surface area contributed by atoms with Crippen molar-refractivity contribution < 1.29 is 4.79 Å². The summed E-state index contributed by atoms with van der Waals surface area (Å²) in [7, 11) is 2.03. The number of carbonyl (C=O) groups is 1. The third-order valence-electron chi connectivity index (χ3n) is 2.72. The number of benzene rings is 1. The van der Waals surface area contributed by atoms with Gasteiger partial charge >= 0.3 is 0 Å². The van der Waals surface area contributed by atoms with Crippen LogP contribution in [0.5, 0.6) is 0 Å². The Morgan fingerprint density at radius 2 is 1.95 bits per heavy atom. The van der Waals surface area contributed by atoms with E-state index in [0.717, 1.165) is 19.6 Å². The summed E-state index contributed by atoms with van der Waals surface area (Å²) >= 11 is 11.9. The molecule has 0 fully saturated rings. The van der Waals surface area contributed by atoms with Crippen molar-refractivity contribution >= 4 is 34.8 Å². The monoisotopic (exact) mass is 303 g/mol. The van der Waals surface area contributed by atoms with Crippen LogP contribution in [-0.4, -0.2) is 44.0 Å². The molecule has 0 saturated heterocycles. The van der Waals surface area contributed by atoms with Crippen molar-refractivity contribution in [1.29, 1.82) is 0 Å². The van der Waals surface area contributed by atoms with Crippen LogP contribution in [0, 0.1) is 0 Å². The van der Waals surface area contributed by atoms with Crippen LogP contribution in [0.2, 0.25) is 10.0 Å². The second-order valence-electron chi connectivity index (χ2n) is 4.22. The number of nitrogens with one attached hydrogen (secondary N) is 2. The third kappa shape index (κ3) is 5.78. The van der Waals surface area contributed by atoms with Gasteiger partial charge in [-0.25, -0.2) is 0 Å². The minimum atomic E-state index is -0.158. The summed E-state index contributed by atoms with van der Waals surface area (Å²) in [5.41, 5.74) is 0.461. The molecule has 0 unspecified atom stereocenters. The number of likely N-dealkylation sites (N-methyl/N-ethyl adjacent to an activating group) is 1. The average molecular weight is 304 g/mol. The summed E-state index contributed by atoms with van der Waals surface area (Å²) in [5.74, 6) is -0.158. The predicted octanol–water partition coefficient (Wildman–Crippen LogP) is 2.47. The fourth-order valence-corrected chi connectivity index (χ4v) is 1.92. The van der Waals surface area contributed by atoms with Crippen LogP contribution in [0.3, 0.4) is 0 Å². The van der Waals surface area contributed by atoms with Crippen LogP contribution in [0.4, 0.5) is 5.69 Å². The fourth-order valence-electron chi connectivity index (χ4n) is 1.43. The zero-order valence-corrected chi connectivity index (χ0v) is 12.7. The first-order valence-electron chi connectivity index (χ1n) is 6.17. The van der Waals surface area contributed by atoms with Crippen molar-refractivity contribution in [3.63, 3.8) is 0 Å². The van der Waals surface area contributed by atoms with E-state index in [0.29, 0.717) is 15.7 Å².